The van der Waals surface area contributed by atoms with Gasteiger partial charge >= 0.3 is 6.03 Å². The third kappa shape index (κ3) is 3.84. The molecule has 0 bridgehead atoms. The zero-order valence-corrected chi connectivity index (χ0v) is 16.3. The van der Waals surface area contributed by atoms with Gasteiger partial charge in [-0.2, -0.15) is 0 Å². The van der Waals surface area contributed by atoms with Gasteiger partial charge < -0.3 is 10.2 Å². The monoisotopic (exact) mass is 371 g/mol. The molecule has 0 aromatic heterocycles. The first-order valence-corrected chi connectivity index (χ1v) is 10.0. The second kappa shape index (κ2) is 8.11. The highest BCUT2D eigenvalue weighted by Crippen LogP contribution is 2.29. The standard InChI is InChI=1S/C21H29N3O3/c1-3-11-21(12-4-2)19(26)24(20(27)22-21)15-16-7-9-17(10-8-16)18(25)23-13-5-6-14-23/h7-10H,3-6,11-15H2,1-2H3,(H,22,27). The molecule has 27 heavy (non-hydrogen) atoms. The van der Waals surface area contributed by atoms with Crippen molar-refractivity contribution >= 4 is 17.8 Å². The summed E-state index contributed by atoms with van der Waals surface area (Å²) in [5.74, 6) is -0.0765. The average molecular weight is 371 g/mol. The first kappa shape index (κ1) is 19.4. The van der Waals surface area contributed by atoms with E-state index < -0.39 is 5.54 Å². The van der Waals surface area contributed by atoms with Crippen LogP contribution in [0.4, 0.5) is 4.79 Å². The van der Waals surface area contributed by atoms with Crippen molar-refractivity contribution in [1.82, 2.24) is 15.1 Å². The van der Waals surface area contributed by atoms with Gasteiger partial charge in [-0.15, -0.1) is 0 Å². The van der Waals surface area contributed by atoms with E-state index in [1.165, 1.54) is 4.90 Å². The summed E-state index contributed by atoms with van der Waals surface area (Å²) in [6.45, 7) is 5.92. The lowest BCUT2D eigenvalue weighted by Crippen LogP contribution is -2.46. The molecule has 0 aliphatic carbocycles. The number of benzene rings is 1. The lowest BCUT2D eigenvalue weighted by atomic mass is 9.88. The Hall–Kier alpha value is -2.37. The number of urea groups is 1. The minimum Gasteiger partial charge on any atom is -0.339 e. The molecule has 2 heterocycles. The molecule has 4 amide bonds. The van der Waals surface area contributed by atoms with Crippen LogP contribution in [0, 0.1) is 0 Å². The van der Waals surface area contributed by atoms with Crippen molar-refractivity contribution in [1.29, 1.82) is 0 Å². The van der Waals surface area contributed by atoms with Crippen LogP contribution in [0.5, 0.6) is 0 Å². The van der Waals surface area contributed by atoms with Gasteiger partial charge in [-0.1, -0.05) is 38.8 Å². The van der Waals surface area contributed by atoms with Gasteiger partial charge in [0.2, 0.25) is 0 Å². The molecule has 2 aliphatic heterocycles. The van der Waals surface area contributed by atoms with Gasteiger partial charge in [-0.3, -0.25) is 14.5 Å². The van der Waals surface area contributed by atoms with E-state index in [1.54, 1.807) is 12.1 Å². The smallest absolute Gasteiger partial charge is 0.325 e. The number of hydrogen-bond acceptors (Lipinski definition) is 3. The van der Waals surface area contributed by atoms with Crippen LogP contribution >= 0.6 is 0 Å². The van der Waals surface area contributed by atoms with Crippen LogP contribution in [0.15, 0.2) is 24.3 Å². The minimum absolute atomic E-state index is 0.0546. The number of hydrogen-bond donors (Lipinski definition) is 1. The Balaban J connectivity index is 1.70. The Kier molecular flexibility index (Phi) is 5.82. The van der Waals surface area contributed by atoms with Crippen molar-refractivity contribution in [3.63, 3.8) is 0 Å². The van der Waals surface area contributed by atoms with Gasteiger partial charge in [-0.25, -0.2) is 4.79 Å². The number of rotatable bonds is 7. The first-order valence-electron chi connectivity index (χ1n) is 10.0. The van der Waals surface area contributed by atoms with Gasteiger partial charge in [0, 0.05) is 18.7 Å². The van der Waals surface area contributed by atoms with Crippen molar-refractivity contribution in [3.8, 4) is 0 Å². The highest BCUT2D eigenvalue weighted by Gasteiger charge is 2.49. The van der Waals surface area contributed by atoms with Crippen LogP contribution in [-0.4, -0.2) is 46.3 Å². The fraction of sp³-hybridized carbons (Fsp3) is 0.571. The molecular weight excluding hydrogens is 342 g/mol. The Morgan fingerprint density at radius 1 is 1.04 bits per heavy atom. The maximum absolute atomic E-state index is 13.0. The number of likely N-dealkylation sites (tertiary alicyclic amines) is 1. The van der Waals surface area contributed by atoms with Crippen molar-refractivity contribution in [2.45, 2.75) is 64.5 Å². The topological polar surface area (TPSA) is 69.7 Å². The summed E-state index contributed by atoms with van der Waals surface area (Å²) in [7, 11) is 0. The molecule has 0 unspecified atom stereocenters. The van der Waals surface area contributed by atoms with Crippen LogP contribution in [0.25, 0.3) is 0 Å². The summed E-state index contributed by atoms with van der Waals surface area (Å²) in [5.41, 5.74) is 0.746. The Bertz CT molecular complexity index is 702. The molecular formula is C21H29N3O3. The summed E-state index contributed by atoms with van der Waals surface area (Å²) in [6.07, 6.45) is 5.12. The molecule has 0 saturated carbocycles. The third-order valence-corrected chi connectivity index (χ3v) is 5.53. The molecule has 2 aliphatic rings. The molecule has 3 rings (SSSR count). The van der Waals surface area contributed by atoms with Crippen molar-refractivity contribution < 1.29 is 14.4 Å². The summed E-state index contributed by atoms with van der Waals surface area (Å²) >= 11 is 0. The number of nitrogens with one attached hydrogen (secondary N) is 1. The van der Waals surface area contributed by atoms with Crippen LogP contribution < -0.4 is 5.32 Å². The highest BCUT2D eigenvalue weighted by atomic mass is 16.2. The average Bonchev–Trinajstić information content (AvgIpc) is 3.26. The Labute approximate surface area is 160 Å². The SMILES string of the molecule is CCCC1(CCC)NC(=O)N(Cc2ccc(C(=O)N3CCCC3)cc2)C1=O. The van der Waals surface area contributed by atoms with Crippen LogP contribution in [0.3, 0.4) is 0 Å². The van der Waals surface area contributed by atoms with E-state index in [1.807, 2.05) is 30.9 Å². The summed E-state index contributed by atoms with van der Waals surface area (Å²) in [4.78, 5) is 41.0. The molecule has 6 nitrogen and oxygen atoms in total. The van der Waals surface area contributed by atoms with Gasteiger partial charge in [0.25, 0.3) is 11.8 Å². The van der Waals surface area contributed by atoms with Crippen molar-refractivity contribution in [2.24, 2.45) is 0 Å². The zero-order chi connectivity index (χ0) is 19.4. The van der Waals surface area contributed by atoms with E-state index in [0.29, 0.717) is 18.4 Å². The fourth-order valence-corrected chi connectivity index (χ4v) is 4.18. The Morgan fingerprint density at radius 3 is 2.19 bits per heavy atom. The molecule has 2 saturated heterocycles. The number of nitrogens with zero attached hydrogens (tertiary/aromatic N) is 2. The second-order valence-corrected chi connectivity index (χ2v) is 7.60. The summed E-state index contributed by atoms with van der Waals surface area (Å²) in [5, 5.41) is 2.93. The van der Waals surface area contributed by atoms with E-state index >= 15 is 0 Å². The molecule has 0 atom stereocenters. The number of carbonyl (C=O) groups excluding carboxylic acids is 3. The van der Waals surface area contributed by atoms with Gasteiger partial charge in [0.15, 0.2) is 0 Å². The predicted octanol–water partition coefficient (Wildman–Crippen LogP) is 3.31. The molecule has 6 heteroatoms. The molecule has 1 N–H and O–H groups in total. The molecule has 0 spiro atoms. The molecule has 146 valence electrons. The number of carbonyl (C=O) groups is 3. The molecule has 0 radical (unpaired) electrons. The summed E-state index contributed by atoms with van der Waals surface area (Å²) in [6, 6.07) is 6.94. The van der Waals surface area contributed by atoms with Gasteiger partial charge in [0.1, 0.15) is 5.54 Å². The van der Waals surface area contributed by atoms with Gasteiger partial charge in [0.05, 0.1) is 6.54 Å². The maximum atomic E-state index is 13.0. The third-order valence-electron chi connectivity index (χ3n) is 5.53. The lowest BCUT2D eigenvalue weighted by Gasteiger charge is -2.25. The number of amides is 4. The van der Waals surface area contributed by atoms with Crippen LogP contribution in [-0.2, 0) is 11.3 Å². The highest BCUT2D eigenvalue weighted by molar-refractivity contribution is 6.07. The predicted molar refractivity (Wildman–Crippen MR) is 103 cm³/mol. The van der Waals surface area contributed by atoms with Crippen molar-refractivity contribution in [3.05, 3.63) is 35.4 Å². The van der Waals surface area contributed by atoms with E-state index in [0.717, 1.165) is 44.3 Å². The molecule has 1 aromatic rings. The lowest BCUT2D eigenvalue weighted by molar-refractivity contribution is -0.132. The van der Waals surface area contributed by atoms with E-state index in [4.69, 9.17) is 0 Å². The van der Waals surface area contributed by atoms with E-state index in [2.05, 4.69) is 5.32 Å². The number of imide groups is 1. The zero-order valence-electron chi connectivity index (χ0n) is 16.3. The Morgan fingerprint density at radius 2 is 1.63 bits per heavy atom. The van der Waals surface area contributed by atoms with Gasteiger partial charge in [-0.05, 0) is 43.4 Å². The van der Waals surface area contributed by atoms with Crippen LogP contribution in [0.2, 0.25) is 0 Å². The van der Waals surface area contributed by atoms with Crippen molar-refractivity contribution in [2.75, 3.05) is 13.1 Å². The van der Waals surface area contributed by atoms with E-state index in [9.17, 15) is 14.4 Å². The second-order valence-electron chi connectivity index (χ2n) is 7.60. The minimum atomic E-state index is -0.758. The normalized spacial score (nSPS) is 18.9. The fourth-order valence-electron chi connectivity index (χ4n) is 4.18. The maximum Gasteiger partial charge on any atom is 0.325 e. The molecule has 2 fully saturated rings. The quantitative estimate of drug-likeness (QED) is 0.748. The largest absolute Gasteiger partial charge is 0.339 e. The first-order chi connectivity index (χ1) is 13.0. The summed E-state index contributed by atoms with van der Waals surface area (Å²) < 4.78 is 0. The van der Waals surface area contributed by atoms with Crippen LogP contribution in [0.1, 0.15) is 68.3 Å². The van der Waals surface area contributed by atoms with E-state index in [-0.39, 0.29) is 24.4 Å². The molecule has 1 aromatic carbocycles.